The standard InChI is InChI=1S/C9H13NO2/c1-6-3-4-8(11)7(5-6)9(12)10-2/h3-5,9-12H,1-2H3. The topological polar surface area (TPSA) is 52.5 Å². The van der Waals surface area contributed by atoms with Gasteiger partial charge in [0.05, 0.1) is 0 Å². The van der Waals surface area contributed by atoms with Crippen molar-refractivity contribution in [1.82, 2.24) is 5.32 Å². The number of rotatable bonds is 2. The molecular weight excluding hydrogens is 154 g/mol. The lowest BCUT2D eigenvalue weighted by molar-refractivity contribution is 0.146. The van der Waals surface area contributed by atoms with Crippen LogP contribution < -0.4 is 5.32 Å². The minimum atomic E-state index is -0.801. The molecule has 66 valence electrons. The van der Waals surface area contributed by atoms with Gasteiger partial charge in [-0.1, -0.05) is 11.6 Å². The number of benzene rings is 1. The molecule has 0 aromatic heterocycles. The first-order valence-corrected chi connectivity index (χ1v) is 3.80. The van der Waals surface area contributed by atoms with Gasteiger partial charge in [-0.25, -0.2) is 0 Å². The van der Waals surface area contributed by atoms with E-state index in [0.29, 0.717) is 5.56 Å². The molecule has 0 saturated heterocycles. The molecule has 3 N–H and O–H groups in total. The summed E-state index contributed by atoms with van der Waals surface area (Å²) in [5.41, 5.74) is 1.52. The van der Waals surface area contributed by atoms with E-state index in [1.165, 1.54) is 0 Å². The normalized spacial score (nSPS) is 12.9. The number of aliphatic hydroxyl groups excluding tert-OH is 1. The van der Waals surface area contributed by atoms with E-state index < -0.39 is 6.23 Å². The van der Waals surface area contributed by atoms with Crippen LogP contribution in [0.3, 0.4) is 0 Å². The fourth-order valence-electron chi connectivity index (χ4n) is 1.05. The van der Waals surface area contributed by atoms with Crippen molar-refractivity contribution in [3.05, 3.63) is 29.3 Å². The van der Waals surface area contributed by atoms with E-state index in [1.807, 2.05) is 6.92 Å². The van der Waals surface area contributed by atoms with Crippen molar-refractivity contribution in [1.29, 1.82) is 0 Å². The van der Waals surface area contributed by atoms with Crippen molar-refractivity contribution in [2.24, 2.45) is 0 Å². The number of aliphatic hydroxyl groups is 1. The molecule has 1 aromatic carbocycles. The molecule has 3 nitrogen and oxygen atoms in total. The van der Waals surface area contributed by atoms with Crippen LogP contribution in [-0.4, -0.2) is 17.3 Å². The van der Waals surface area contributed by atoms with E-state index in [1.54, 1.807) is 25.2 Å². The largest absolute Gasteiger partial charge is 0.508 e. The number of nitrogens with one attached hydrogen (secondary N) is 1. The molecular formula is C9H13NO2. The van der Waals surface area contributed by atoms with Crippen molar-refractivity contribution in [2.45, 2.75) is 13.2 Å². The van der Waals surface area contributed by atoms with Gasteiger partial charge < -0.3 is 10.2 Å². The Balaban J connectivity index is 3.04. The Morgan fingerprint density at radius 1 is 1.42 bits per heavy atom. The lowest BCUT2D eigenvalue weighted by atomic mass is 10.1. The summed E-state index contributed by atoms with van der Waals surface area (Å²) in [7, 11) is 1.63. The van der Waals surface area contributed by atoms with E-state index in [4.69, 9.17) is 0 Å². The van der Waals surface area contributed by atoms with Gasteiger partial charge in [-0.2, -0.15) is 0 Å². The molecule has 1 rings (SSSR count). The van der Waals surface area contributed by atoms with Gasteiger partial charge >= 0.3 is 0 Å². The predicted molar refractivity (Wildman–Crippen MR) is 46.9 cm³/mol. The highest BCUT2D eigenvalue weighted by atomic mass is 16.3. The van der Waals surface area contributed by atoms with Gasteiger partial charge in [-0.05, 0) is 26.1 Å². The Kier molecular flexibility index (Phi) is 2.68. The Bertz CT molecular complexity index is 273. The van der Waals surface area contributed by atoms with Crippen molar-refractivity contribution in [3.63, 3.8) is 0 Å². The van der Waals surface area contributed by atoms with Crippen LogP contribution in [0, 0.1) is 6.92 Å². The molecule has 1 atom stereocenters. The average Bonchev–Trinajstić information content (AvgIpc) is 2.08. The molecule has 0 aliphatic rings. The molecule has 0 amide bonds. The number of aryl methyl sites for hydroxylation is 1. The van der Waals surface area contributed by atoms with E-state index >= 15 is 0 Å². The third-order valence-corrected chi connectivity index (χ3v) is 1.75. The molecule has 12 heavy (non-hydrogen) atoms. The monoisotopic (exact) mass is 167 g/mol. The smallest absolute Gasteiger partial charge is 0.134 e. The maximum Gasteiger partial charge on any atom is 0.134 e. The number of phenolic OH excluding ortho intramolecular Hbond substituents is 1. The molecule has 0 fully saturated rings. The lowest BCUT2D eigenvalue weighted by Crippen LogP contribution is -2.15. The summed E-state index contributed by atoms with van der Waals surface area (Å²) in [4.78, 5) is 0. The highest BCUT2D eigenvalue weighted by Gasteiger charge is 2.08. The predicted octanol–water partition coefficient (Wildman–Crippen LogP) is 0.911. The zero-order chi connectivity index (χ0) is 9.14. The highest BCUT2D eigenvalue weighted by molar-refractivity contribution is 5.36. The summed E-state index contributed by atoms with van der Waals surface area (Å²) >= 11 is 0. The molecule has 0 heterocycles. The summed E-state index contributed by atoms with van der Waals surface area (Å²) in [5.74, 6) is 0.113. The fraction of sp³-hybridized carbons (Fsp3) is 0.333. The molecule has 1 unspecified atom stereocenters. The van der Waals surface area contributed by atoms with Crippen LogP contribution >= 0.6 is 0 Å². The summed E-state index contributed by atoms with van der Waals surface area (Å²) in [6.07, 6.45) is -0.801. The molecule has 1 aromatic rings. The van der Waals surface area contributed by atoms with Gasteiger partial charge in [0.2, 0.25) is 0 Å². The maximum absolute atomic E-state index is 9.36. The molecule has 0 radical (unpaired) electrons. The first-order chi connectivity index (χ1) is 5.65. The Morgan fingerprint density at radius 3 is 2.67 bits per heavy atom. The molecule has 0 aliphatic carbocycles. The van der Waals surface area contributed by atoms with Crippen LogP contribution in [0.4, 0.5) is 0 Å². The second-order valence-corrected chi connectivity index (χ2v) is 2.75. The van der Waals surface area contributed by atoms with Gasteiger partial charge in [-0.15, -0.1) is 0 Å². The average molecular weight is 167 g/mol. The molecule has 3 heteroatoms. The van der Waals surface area contributed by atoms with Gasteiger partial charge in [0.15, 0.2) is 0 Å². The Labute approximate surface area is 71.7 Å². The quantitative estimate of drug-likeness (QED) is 0.574. The van der Waals surface area contributed by atoms with Crippen LogP contribution in [0.5, 0.6) is 5.75 Å². The van der Waals surface area contributed by atoms with Gasteiger partial charge in [0.25, 0.3) is 0 Å². The van der Waals surface area contributed by atoms with Crippen LogP contribution in [0.25, 0.3) is 0 Å². The van der Waals surface area contributed by atoms with E-state index in [2.05, 4.69) is 5.32 Å². The minimum absolute atomic E-state index is 0.113. The third-order valence-electron chi connectivity index (χ3n) is 1.75. The minimum Gasteiger partial charge on any atom is -0.508 e. The number of hydrogen-bond donors (Lipinski definition) is 3. The van der Waals surface area contributed by atoms with E-state index in [9.17, 15) is 10.2 Å². The molecule has 0 bridgehead atoms. The van der Waals surface area contributed by atoms with Crippen LogP contribution in [0.15, 0.2) is 18.2 Å². The Hall–Kier alpha value is -1.06. The van der Waals surface area contributed by atoms with Crippen LogP contribution in [0.2, 0.25) is 0 Å². The van der Waals surface area contributed by atoms with Gasteiger partial charge in [0.1, 0.15) is 12.0 Å². The lowest BCUT2D eigenvalue weighted by Gasteiger charge is -2.11. The SMILES string of the molecule is CNC(O)c1cc(C)ccc1O. The molecule has 0 saturated carbocycles. The first kappa shape index (κ1) is 9.03. The van der Waals surface area contributed by atoms with Crippen molar-refractivity contribution in [3.8, 4) is 5.75 Å². The zero-order valence-electron chi connectivity index (χ0n) is 7.20. The van der Waals surface area contributed by atoms with Crippen LogP contribution in [-0.2, 0) is 0 Å². The van der Waals surface area contributed by atoms with Crippen molar-refractivity contribution < 1.29 is 10.2 Å². The van der Waals surface area contributed by atoms with Crippen molar-refractivity contribution >= 4 is 0 Å². The summed E-state index contributed by atoms with van der Waals surface area (Å²) in [6.45, 7) is 1.91. The first-order valence-electron chi connectivity index (χ1n) is 3.80. The Morgan fingerprint density at radius 2 is 2.08 bits per heavy atom. The van der Waals surface area contributed by atoms with Crippen LogP contribution in [0.1, 0.15) is 17.4 Å². The van der Waals surface area contributed by atoms with E-state index in [-0.39, 0.29) is 5.75 Å². The van der Waals surface area contributed by atoms with Gasteiger partial charge in [-0.3, -0.25) is 5.32 Å². The highest BCUT2D eigenvalue weighted by Crippen LogP contribution is 2.22. The second-order valence-electron chi connectivity index (χ2n) is 2.75. The zero-order valence-corrected chi connectivity index (χ0v) is 7.20. The third kappa shape index (κ3) is 1.75. The summed E-state index contributed by atoms with van der Waals surface area (Å²) < 4.78 is 0. The fourth-order valence-corrected chi connectivity index (χ4v) is 1.05. The van der Waals surface area contributed by atoms with E-state index in [0.717, 1.165) is 5.56 Å². The number of hydrogen-bond acceptors (Lipinski definition) is 3. The number of aromatic hydroxyl groups is 1. The summed E-state index contributed by atoms with van der Waals surface area (Å²) in [6, 6.07) is 5.11. The van der Waals surface area contributed by atoms with Crippen molar-refractivity contribution in [2.75, 3.05) is 7.05 Å². The summed E-state index contributed by atoms with van der Waals surface area (Å²) in [5, 5.41) is 21.3. The number of phenols is 1. The molecule has 0 spiro atoms. The maximum atomic E-state index is 9.36. The molecule has 0 aliphatic heterocycles. The van der Waals surface area contributed by atoms with Gasteiger partial charge in [0, 0.05) is 5.56 Å². The second kappa shape index (κ2) is 3.56.